The number of nitrogens with one attached hydrogen (secondary N) is 2. The second-order valence-electron chi connectivity index (χ2n) is 5.38. The second-order valence-corrected chi connectivity index (χ2v) is 5.38. The van der Waals surface area contributed by atoms with Crippen LogP contribution in [0.2, 0.25) is 0 Å². The lowest BCUT2D eigenvalue weighted by Crippen LogP contribution is -2.32. The van der Waals surface area contributed by atoms with Gasteiger partial charge in [-0.15, -0.1) is 0 Å². The summed E-state index contributed by atoms with van der Waals surface area (Å²) >= 11 is 0. The molecule has 2 rings (SSSR count). The van der Waals surface area contributed by atoms with Crippen molar-refractivity contribution in [2.24, 2.45) is 5.92 Å². The average molecular weight is 266 g/mol. The molecule has 1 aliphatic heterocycles. The first-order chi connectivity index (χ1) is 8.97. The summed E-state index contributed by atoms with van der Waals surface area (Å²) in [6.45, 7) is 7.58. The number of hydrogen-bond donors (Lipinski definition) is 3. The molecule has 19 heavy (non-hydrogen) atoms. The van der Waals surface area contributed by atoms with Crippen LogP contribution < -0.4 is 5.32 Å². The fourth-order valence-electron chi connectivity index (χ4n) is 2.52. The number of aliphatic hydroxyl groups excluding tert-OH is 1. The van der Waals surface area contributed by atoms with Crippen molar-refractivity contribution in [3.63, 3.8) is 0 Å². The van der Waals surface area contributed by atoms with Crippen molar-refractivity contribution in [1.82, 2.24) is 15.1 Å². The standard InChI is InChI=1S/C13H22N4O2/c1-8-13(9(2)16-15-8)14-12(19)7-17-5-4-11(6-17)10(3)18/h10-11,18H,4-7H2,1-3H3,(H,14,19)(H,15,16). The SMILES string of the molecule is Cc1n[nH]c(C)c1NC(=O)CN1CCC(C(C)O)C1. The van der Waals surface area contributed by atoms with Crippen molar-refractivity contribution >= 4 is 11.6 Å². The van der Waals surface area contributed by atoms with Crippen LogP contribution in [0.1, 0.15) is 24.7 Å². The van der Waals surface area contributed by atoms with Crippen molar-refractivity contribution in [1.29, 1.82) is 0 Å². The fourth-order valence-corrected chi connectivity index (χ4v) is 2.52. The number of H-pyrrole nitrogens is 1. The van der Waals surface area contributed by atoms with E-state index in [0.29, 0.717) is 6.54 Å². The van der Waals surface area contributed by atoms with E-state index in [9.17, 15) is 9.90 Å². The number of rotatable bonds is 4. The van der Waals surface area contributed by atoms with Gasteiger partial charge in [0.2, 0.25) is 5.91 Å². The Morgan fingerprint density at radius 3 is 2.89 bits per heavy atom. The number of aromatic amines is 1. The van der Waals surface area contributed by atoms with Gasteiger partial charge in [-0.1, -0.05) is 0 Å². The first-order valence-electron chi connectivity index (χ1n) is 6.69. The maximum absolute atomic E-state index is 12.0. The van der Waals surface area contributed by atoms with Crippen molar-refractivity contribution in [2.75, 3.05) is 25.0 Å². The third-order valence-corrected chi connectivity index (χ3v) is 3.75. The van der Waals surface area contributed by atoms with Gasteiger partial charge in [0.05, 0.1) is 29.7 Å². The molecule has 2 atom stereocenters. The van der Waals surface area contributed by atoms with Gasteiger partial charge in [-0.2, -0.15) is 5.10 Å². The lowest BCUT2D eigenvalue weighted by Gasteiger charge is -2.17. The van der Waals surface area contributed by atoms with E-state index in [-0.39, 0.29) is 17.9 Å². The number of amides is 1. The van der Waals surface area contributed by atoms with Crippen molar-refractivity contribution < 1.29 is 9.90 Å². The van der Waals surface area contributed by atoms with Crippen LogP contribution in [0.15, 0.2) is 0 Å². The number of aryl methyl sites for hydroxylation is 2. The van der Waals surface area contributed by atoms with Crippen molar-refractivity contribution in [3.8, 4) is 0 Å². The Morgan fingerprint density at radius 1 is 1.63 bits per heavy atom. The molecule has 0 spiro atoms. The number of anilines is 1. The normalized spacial score (nSPS) is 21.6. The molecule has 3 N–H and O–H groups in total. The topological polar surface area (TPSA) is 81.2 Å². The number of carbonyl (C=O) groups excluding carboxylic acids is 1. The highest BCUT2D eigenvalue weighted by atomic mass is 16.3. The highest BCUT2D eigenvalue weighted by Gasteiger charge is 2.27. The van der Waals surface area contributed by atoms with Crippen molar-refractivity contribution in [3.05, 3.63) is 11.4 Å². The van der Waals surface area contributed by atoms with Crippen LogP contribution in [0.5, 0.6) is 0 Å². The molecule has 1 saturated heterocycles. The largest absolute Gasteiger partial charge is 0.393 e. The molecule has 2 heterocycles. The summed E-state index contributed by atoms with van der Waals surface area (Å²) in [4.78, 5) is 14.1. The first-order valence-corrected chi connectivity index (χ1v) is 6.69. The number of likely N-dealkylation sites (tertiary alicyclic amines) is 1. The maximum Gasteiger partial charge on any atom is 0.238 e. The molecule has 6 heteroatoms. The van der Waals surface area contributed by atoms with Gasteiger partial charge in [0, 0.05) is 6.54 Å². The van der Waals surface area contributed by atoms with E-state index in [1.807, 2.05) is 20.8 Å². The Labute approximate surface area is 113 Å². The minimum Gasteiger partial charge on any atom is -0.393 e. The molecule has 1 amide bonds. The Kier molecular flexibility index (Phi) is 4.21. The predicted octanol–water partition coefficient (Wildman–Crippen LogP) is 0.668. The highest BCUT2D eigenvalue weighted by molar-refractivity contribution is 5.93. The minimum atomic E-state index is -0.300. The van der Waals surface area contributed by atoms with E-state index in [0.717, 1.165) is 36.6 Å². The van der Waals surface area contributed by atoms with E-state index < -0.39 is 0 Å². The smallest absolute Gasteiger partial charge is 0.238 e. The van der Waals surface area contributed by atoms with Gasteiger partial charge >= 0.3 is 0 Å². The molecule has 6 nitrogen and oxygen atoms in total. The van der Waals surface area contributed by atoms with Crippen LogP contribution in [0.3, 0.4) is 0 Å². The molecular weight excluding hydrogens is 244 g/mol. The first kappa shape index (κ1) is 14.0. The quantitative estimate of drug-likeness (QED) is 0.748. The Hall–Kier alpha value is -1.40. The average Bonchev–Trinajstić information content (AvgIpc) is 2.91. The third-order valence-electron chi connectivity index (χ3n) is 3.75. The summed E-state index contributed by atoms with van der Waals surface area (Å²) in [5.74, 6) is 0.254. The second kappa shape index (κ2) is 5.71. The van der Waals surface area contributed by atoms with Gasteiger partial charge in [-0.3, -0.25) is 14.8 Å². The van der Waals surface area contributed by atoms with Crippen LogP contribution in [-0.4, -0.2) is 51.8 Å². The van der Waals surface area contributed by atoms with Gasteiger partial charge < -0.3 is 10.4 Å². The van der Waals surface area contributed by atoms with Crippen molar-refractivity contribution in [2.45, 2.75) is 33.3 Å². The molecule has 1 aliphatic rings. The number of hydrogen-bond acceptors (Lipinski definition) is 4. The molecule has 0 radical (unpaired) electrons. The summed E-state index contributed by atoms with van der Waals surface area (Å²) < 4.78 is 0. The number of aliphatic hydroxyl groups is 1. The van der Waals surface area contributed by atoms with Gasteiger partial charge in [0.1, 0.15) is 0 Å². The number of aromatic nitrogens is 2. The number of carbonyl (C=O) groups is 1. The molecule has 0 saturated carbocycles. The molecule has 1 aromatic rings. The lowest BCUT2D eigenvalue weighted by atomic mass is 10.0. The minimum absolute atomic E-state index is 0.0288. The van der Waals surface area contributed by atoms with Crippen LogP contribution in [0.25, 0.3) is 0 Å². The molecule has 0 bridgehead atoms. The summed E-state index contributed by atoms with van der Waals surface area (Å²) in [7, 11) is 0. The van der Waals surface area contributed by atoms with Crippen LogP contribution in [-0.2, 0) is 4.79 Å². The van der Waals surface area contributed by atoms with E-state index in [4.69, 9.17) is 0 Å². The summed E-state index contributed by atoms with van der Waals surface area (Å²) in [6.07, 6.45) is 0.653. The Bertz CT molecular complexity index is 436. The number of nitrogens with zero attached hydrogens (tertiary/aromatic N) is 2. The molecule has 0 aromatic carbocycles. The molecular formula is C13H22N4O2. The zero-order chi connectivity index (χ0) is 14.0. The fraction of sp³-hybridized carbons (Fsp3) is 0.692. The van der Waals surface area contributed by atoms with Gasteiger partial charge in [0.15, 0.2) is 0 Å². The molecule has 0 aliphatic carbocycles. The van der Waals surface area contributed by atoms with E-state index in [1.54, 1.807) is 0 Å². The maximum atomic E-state index is 12.0. The molecule has 1 aromatic heterocycles. The molecule has 2 unspecified atom stereocenters. The summed E-state index contributed by atoms with van der Waals surface area (Å²) in [5.41, 5.74) is 2.44. The van der Waals surface area contributed by atoms with Crippen LogP contribution in [0, 0.1) is 19.8 Å². The predicted molar refractivity (Wildman–Crippen MR) is 72.9 cm³/mol. The third kappa shape index (κ3) is 3.33. The zero-order valence-electron chi connectivity index (χ0n) is 11.7. The monoisotopic (exact) mass is 266 g/mol. The highest BCUT2D eigenvalue weighted by Crippen LogP contribution is 2.20. The molecule has 106 valence electrons. The van der Waals surface area contributed by atoms with Gasteiger partial charge in [0.25, 0.3) is 0 Å². The lowest BCUT2D eigenvalue weighted by molar-refractivity contribution is -0.117. The summed E-state index contributed by atoms with van der Waals surface area (Å²) in [6, 6.07) is 0. The zero-order valence-corrected chi connectivity index (χ0v) is 11.7. The van der Waals surface area contributed by atoms with Crippen LogP contribution in [0.4, 0.5) is 5.69 Å². The van der Waals surface area contributed by atoms with Gasteiger partial charge in [-0.25, -0.2) is 0 Å². The molecule has 1 fully saturated rings. The van der Waals surface area contributed by atoms with Gasteiger partial charge in [-0.05, 0) is 39.7 Å². The van der Waals surface area contributed by atoms with E-state index >= 15 is 0 Å². The van der Waals surface area contributed by atoms with E-state index in [2.05, 4.69) is 20.4 Å². The van der Waals surface area contributed by atoms with Crippen LogP contribution >= 0.6 is 0 Å². The Morgan fingerprint density at radius 2 is 2.37 bits per heavy atom. The summed E-state index contributed by atoms with van der Waals surface area (Å²) in [5, 5.41) is 19.3. The van der Waals surface area contributed by atoms with E-state index in [1.165, 1.54) is 0 Å². The Balaban J connectivity index is 1.86.